The first kappa shape index (κ1) is 21.2. The van der Waals surface area contributed by atoms with E-state index in [0.717, 1.165) is 0 Å². The Morgan fingerprint density at radius 1 is 0.583 bits per heavy atom. The van der Waals surface area contributed by atoms with Gasteiger partial charge in [-0.2, -0.15) is 0 Å². The maximum Gasteiger partial charge on any atom is 0.168 e. The number of hydrogen-bond donors (Lipinski definition) is 0. The van der Waals surface area contributed by atoms with E-state index in [-0.39, 0.29) is 0 Å². The minimum atomic E-state index is 1.25. The molecule has 1 rings (SSSR count). The Kier molecular flexibility index (Phi) is 13.8. The van der Waals surface area contributed by atoms with Gasteiger partial charge in [0, 0.05) is 12.1 Å². The minimum absolute atomic E-state index is 1.25. The van der Waals surface area contributed by atoms with Crippen LogP contribution in [0.1, 0.15) is 109 Å². The fourth-order valence-electron chi connectivity index (χ4n) is 3.40. The molecule has 0 saturated heterocycles. The van der Waals surface area contributed by atoms with Crippen molar-refractivity contribution in [3.63, 3.8) is 0 Å². The van der Waals surface area contributed by atoms with Crippen LogP contribution in [0.3, 0.4) is 0 Å². The van der Waals surface area contributed by atoms with Gasteiger partial charge in [-0.15, -0.1) is 0 Å². The van der Waals surface area contributed by atoms with Crippen LogP contribution in [0.2, 0.25) is 0 Å². The Balaban J connectivity index is 1.75. The molecule has 1 heterocycles. The molecule has 138 valence electrons. The van der Waals surface area contributed by atoms with Crippen molar-refractivity contribution in [1.82, 2.24) is 0 Å². The topological polar surface area (TPSA) is 3.88 Å². The number of pyridine rings is 1. The third-order valence-electron chi connectivity index (χ3n) is 5.12. The molecule has 0 N–H and O–H groups in total. The Morgan fingerprint density at radius 3 is 1.38 bits per heavy atom. The summed E-state index contributed by atoms with van der Waals surface area (Å²) >= 11 is 0. The van der Waals surface area contributed by atoms with Gasteiger partial charge in [0.15, 0.2) is 12.4 Å². The molecule has 0 saturated carbocycles. The van der Waals surface area contributed by atoms with Crippen LogP contribution in [0.15, 0.2) is 24.5 Å². The molecule has 1 heteroatoms. The van der Waals surface area contributed by atoms with E-state index in [1.807, 2.05) is 0 Å². The molecule has 1 aromatic heterocycles. The van der Waals surface area contributed by atoms with Gasteiger partial charge in [-0.3, -0.25) is 0 Å². The molecule has 24 heavy (non-hydrogen) atoms. The Labute approximate surface area is 151 Å². The zero-order valence-corrected chi connectivity index (χ0v) is 16.6. The van der Waals surface area contributed by atoms with Gasteiger partial charge in [-0.1, -0.05) is 96.8 Å². The molecule has 0 fully saturated rings. The SMILES string of the molecule is CCCCCCCCCCCCCCCCCc1cc[n+](C)cc1. The van der Waals surface area contributed by atoms with Crippen molar-refractivity contribution in [1.29, 1.82) is 0 Å². The first-order chi connectivity index (χ1) is 11.8. The lowest BCUT2D eigenvalue weighted by Gasteiger charge is -2.03. The van der Waals surface area contributed by atoms with E-state index in [4.69, 9.17) is 0 Å². The highest BCUT2D eigenvalue weighted by Crippen LogP contribution is 2.14. The van der Waals surface area contributed by atoms with Gasteiger partial charge in [0.05, 0.1) is 0 Å². The highest BCUT2D eigenvalue weighted by molar-refractivity contribution is 5.06. The van der Waals surface area contributed by atoms with Crippen molar-refractivity contribution in [2.45, 2.75) is 110 Å². The van der Waals surface area contributed by atoms with Gasteiger partial charge in [-0.05, 0) is 18.4 Å². The average Bonchev–Trinajstić information content (AvgIpc) is 2.60. The van der Waals surface area contributed by atoms with Crippen molar-refractivity contribution >= 4 is 0 Å². The molecule has 0 bridgehead atoms. The van der Waals surface area contributed by atoms with Crippen LogP contribution < -0.4 is 4.57 Å². The molecule has 1 nitrogen and oxygen atoms in total. The molecule has 1 aromatic rings. The number of unbranched alkanes of at least 4 members (excludes halogenated alkanes) is 14. The number of aryl methyl sites for hydroxylation is 2. The predicted molar refractivity (Wildman–Crippen MR) is 106 cm³/mol. The van der Waals surface area contributed by atoms with E-state index in [1.165, 1.54) is 108 Å². The molecule has 0 unspecified atom stereocenters. The zero-order valence-electron chi connectivity index (χ0n) is 16.6. The molecule has 0 atom stereocenters. The van der Waals surface area contributed by atoms with Crippen molar-refractivity contribution in [3.05, 3.63) is 30.1 Å². The van der Waals surface area contributed by atoms with Gasteiger partial charge in [0.2, 0.25) is 0 Å². The molecule has 0 aliphatic carbocycles. The molecule has 0 aliphatic heterocycles. The lowest BCUT2D eigenvalue weighted by molar-refractivity contribution is -0.671. The van der Waals surface area contributed by atoms with Crippen molar-refractivity contribution in [2.24, 2.45) is 7.05 Å². The Bertz CT molecular complexity index is 368. The van der Waals surface area contributed by atoms with Crippen LogP contribution in [0.5, 0.6) is 0 Å². The third kappa shape index (κ3) is 12.6. The van der Waals surface area contributed by atoms with Gasteiger partial charge in [-0.25, -0.2) is 4.57 Å². The molecule has 0 aromatic carbocycles. The van der Waals surface area contributed by atoms with E-state index < -0.39 is 0 Å². The normalized spacial score (nSPS) is 11.1. The third-order valence-corrected chi connectivity index (χ3v) is 5.12. The zero-order chi connectivity index (χ0) is 17.3. The Hall–Kier alpha value is -0.850. The number of aromatic nitrogens is 1. The highest BCUT2D eigenvalue weighted by Gasteiger charge is 1.97. The summed E-state index contributed by atoms with van der Waals surface area (Å²) < 4.78 is 2.11. The van der Waals surface area contributed by atoms with E-state index in [1.54, 1.807) is 0 Å². The number of hydrogen-bond acceptors (Lipinski definition) is 0. The minimum Gasteiger partial charge on any atom is -0.208 e. The summed E-state index contributed by atoms with van der Waals surface area (Å²) in [6.45, 7) is 2.29. The second-order valence-electron chi connectivity index (χ2n) is 7.57. The molecular formula is C23H42N+. The lowest BCUT2D eigenvalue weighted by atomic mass is 10.0. The maximum absolute atomic E-state index is 2.29. The molecular weight excluding hydrogens is 290 g/mol. The fourth-order valence-corrected chi connectivity index (χ4v) is 3.40. The van der Waals surface area contributed by atoms with Crippen LogP contribution in [0, 0.1) is 0 Å². The van der Waals surface area contributed by atoms with E-state index in [9.17, 15) is 0 Å². The first-order valence-electron chi connectivity index (χ1n) is 10.8. The van der Waals surface area contributed by atoms with E-state index in [0.29, 0.717) is 0 Å². The summed E-state index contributed by atoms with van der Waals surface area (Å²) in [5.74, 6) is 0. The van der Waals surface area contributed by atoms with Crippen molar-refractivity contribution in [3.8, 4) is 0 Å². The van der Waals surface area contributed by atoms with Crippen LogP contribution >= 0.6 is 0 Å². The summed E-state index contributed by atoms with van der Waals surface area (Å²) in [7, 11) is 2.08. The maximum atomic E-state index is 2.29. The smallest absolute Gasteiger partial charge is 0.168 e. The van der Waals surface area contributed by atoms with Gasteiger partial charge in [0.25, 0.3) is 0 Å². The monoisotopic (exact) mass is 332 g/mol. The van der Waals surface area contributed by atoms with E-state index >= 15 is 0 Å². The van der Waals surface area contributed by atoms with Crippen LogP contribution in [-0.4, -0.2) is 0 Å². The summed E-state index contributed by atoms with van der Waals surface area (Å²) in [4.78, 5) is 0. The predicted octanol–water partition coefficient (Wildman–Crippen LogP) is 6.93. The molecule has 0 amide bonds. The summed E-state index contributed by atoms with van der Waals surface area (Å²) in [5, 5.41) is 0. The summed E-state index contributed by atoms with van der Waals surface area (Å²) in [6.07, 6.45) is 27.2. The van der Waals surface area contributed by atoms with E-state index in [2.05, 4.69) is 43.1 Å². The van der Waals surface area contributed by atoms with Crippen molar-refractivity contribution < 1.29 is 4.57 Å². The highest BCUT2D eigenvalue weighted by atomic mass is 14.9. The number of rotatable bonds is 16. The first-order valence-corrected chi connectivity index (χ1v) is 10.8. The molecule has 0 radical (unpaired) electrons. The van der Waals surface area contributed by atoms with Gasteiger partial charge in [0.1, 0.15) is 7.05 Å². The van der Waals surface area contributed by atoms with Crippen LogP contribution in [0.4, 0.5) is 0 Å². The quantitative estimate of drug-likeness (QED) is 0.228. The van der Waals surface area contributed by atoms with Crippen LogP contribution in [0.25, 0.3) is 0 Å². The Morgan fingerprint density at radius 2 is 0.958 bits per heavy atom. The fraction of sp³-hybridized carbons (Fsp3) is 0.783. The second kappa shape index (κ2) is 15.7. The second-order valence-corrected chi connectivity index (χ2v) is 7.57. The summed E-state index contributed by atoms with van der Waals surface area (Å²) in [6, 6.07) is 4.51. The molecule has 0 aliphatic rings. The molecule has 0 spiro atoms. The average molecular weight is 333 g/mol. The van der Waals surface area contributed by atoms with Gasteiger partial charge < -0.3 is 0 Å². The lowest BCUT2D eigenvalue weighted by Crippen LogP contribution is -2.25. The van der Waals surface area contributed by atoms with Crippen molar-refractivity contribution in [2.75, 3.05) is 0 Å². The van der Waals surface area contributed by atoms with Gasteiger partial charge >= 0.3 is 0 Å². The standard InChI is InChI=1S/C23H42N/c1-3-4-5-6-7-8-9-10-11-12-13-14-15-16-17-18-23-19-21-24(2)22-20-23/h19-22H,3-18H2,1-2H3/q+1. The number of nitrogens with zero attached hydrogens (tertiary/aromatic N) is 1. The summed E-state index contributed by atoms with van der Waals surface area (Å²) in [5.41, 5.74) is 1.49. The largest absolute Gasteiger partial charge is 0.208 e. The van der Waals surface area contributed by atoms with Crippen LogP contribution in [-0.2, 0) is 13.5 Å².